The van der Waals surface area contributed by atoms with Crippen LogP contribution in [0.4, 0.5) is 0 Å². The van der Waals surface area contributed by atoms with Gasteiger partial charge in [0.05, 0.1) is 11.3 Å². The molecule has 1 fully saturated rings. The van der Waals surface area contributed by atoms with Crippen LogP contribution in [0.25, 0.3) is 0 Å². The molecule has 0 aromatic heterocycles. The van der Waals surface area contributed by atoms with Gasteiger partial charge in [0, 0.05) is 5.75 Å². The molecular weight excluding hydrogens is 302 g/mol. The standard InChI is InChI=1S/C15H19N3O3S/c1-15(2)18(10-19)12(9-22-15)14(21)17-16-13(20)8-11-6-4-3-5-7-11/h3-7,10,12H,8-9H2,1-2H3,(H,16,20)(H,17,21). The number of thioether (sulfide) groups is 1. The monoisotopic (exact) mass is 321 g/mol. The topological polar surface area (TPSA) is 78.5 Å². The first-order valence-corrected chi connectivity index (χ1v) is 7.93. The van der Waals surface area contributed by atoms with Gasteiger partial charge in [-0.3, -0.25) is 25.2 Å². The van der Waals surface area contributed by atoms with Crippen molar-refractivity contribution < 1.29 is 14.4 Å². The molecule has 7 heteroatoms. The molecule has 3 amide bonds. The van der Waals surface area contributed by atoms with Gasteiger partial charge in [0.1, 0.15) is 6.04 Å². The van der Waals surface area contributed by atoms with Crippen LogP contribution in [0.3, 0.4) is 0 Å². The zero-order valence-corrected chi connectivity index (χ0v) is 13.4. The summed E-state index contributed by atoms with van der Waals surface area (Å²) in [7, 11) is 0. The van der Waals surface area contributed by atoms with Crippen LogP contribution in [0.1, 0.15) is 19.4 Å². The Bertz CT molecular complexity index is 562. The SMILES string of the molecule is CC1(C)SCC(C(=O)NNC(=O)Cc2ccccc2)N1C=O. The van der Waals surface area contributed by atoms with Crippen LogP contribution in [0.15, 0.2) is 30.3 Å². The number of rotatable bonds is 4. The van der Waals surface area contributed by atoms with E-state index in [1.54, 1.807) is 0 Å². The minimum absolute atomic E-state index is 0.184. The van der Waals surface area contributed by atoms with Gasteiger partial charge < -0.3 is 4.90 Å². The van der Waals surface area contributed by atoms with Gasteiger partial charge in [-0.25, -0.2) is 0 Å². The summed E-state index contributed by atoms with van der Waals surface area (Å²) in [5, 5.41) is 0. The van der Waals surface area contributed by atoms with Crippen molar-refractivity contribution >= 4 is 30.0 Å². The lowest BCUT2D eigenvalue weighted by Gasteiger charge is -2.30. The molecule has 0 aliphatic carbocycles. The molecule has 6 nitrogen and oxygen atoms in total. The smallest absolute Gasteiger partial charge is 0.262 e. The molecule has 1 unspecified atom stereocenters. The Hall–Kier alpha value is -2.02. The molecule has 0 spiro atoms. The Balaban J connectivity index is 1.85. The molecule has 1 atom stereocenters. The number of benzene rings is 1. The molecular formula is C15H19N3O3S. The van der Waals surface area contributed by atoms with Gasteiger partial charge in [-0.2, -0.15) is 0 Å². The fourth-order valence-electron chi connectivity index (χ4n) is 2.26. The van der Waals surface area contributed by atoms with Crippen LogP contribution in [0, 0.1) is 0 Å². The Morgan fingerprint density at radius 2 is 2.00 bits per heavy atom. The van der Waals surface area contributed by atoms with Gasteiger partial charge in [0.25, 0.3) is 5.91 Å². The number of hydrogen-bond donors (Lipinski definition) is 2. The van der Waals surface area contributed by atoms with Gasteiger partial charge in [0.15, 0.2) is 0 Å². The Morgan fingerprint density at radius 3 is 2.64 bits per heavy atom. The first-order valence-electron chi connectivity index (χ1n) is 6.94. The molecule has 0 radical (unpaired) electrons. The molecule has 1 heterocycles. The highest BCUT2D eigenvalue weighted by molar-refractivity contribution is 8.00. The summed E-state index contributed by atoms with van der Waals surface area (Å²) in [5.41, 5.74) is 5.65. The zero-order valence-electron chi connectivity index (χ0n) is 12.5. The molecule has 0 saturated carbocycles. The highest BCUT2D eigenvalue weighted by Crippen LogP contribution is 2.37. The average Bonchev–Trinajstić information content (AvgIpc) is 2.80. The second-order valence-corrected chi connectivity index (χ2v) is 7.11. The number of hydrogen-bond acceptors (Lipinski definition) is 4. The van der Waals surface area contributed by atoms with Crippen LogP contribution in [-0.4, -0.2) is 39.8 Å². The Labute approximate surface area is 133 Å². The van der Waals surface area contributed by atoms with E-state index in [4.69, 9.17) is 0 Å². The molecule has 1 aliphatic heterocycles. The molecule has 1 aromatic rings. The van der Waals surface area contributed by atoms with E-state index in [0.717, 1.165) is 5.56 Å². The fourth-order valence-corrected chi connectivity index (χ4v) is 3.45. The van der Waals surface area contributed by atoms with Gasteiger partial charge in [-0.05, 0) is 19.4 Å². The van der Waals surface area contributed by atoms with Crippen molar-refractivity contribution in [1.82, 2.24) is 15.8 Å². The summed E-state index contributed by atoms with van der Waals surface area (Å²) < 4.78 is 0. The molecule has 0 bridgehead atoms. The van der Waals surface area contributed by atoms with E-state index in [0.29, 0.717) is 12.2 Å². The largest absolute Gasteiger partial charge is 0.318 e. The third-order valence-electron chi connectivity index (χ3n) is 3.50. The lowest BCUT2D eigenvalue weighted by Crippen LogP contribution is -2.53. The van der Waals surface area contributed by atoms with Crippen molar-refractivity contribution in [3.05, 3.63) is 35.9 Å². The van der Waals surface area contributed by atoms with Crippen molar-refractivity contribution in [2.75, 3.05) is 5.75 Å². The van der Waals surface area contributed by atoms with E-state index in [1.165, 1.54) is 16.7 Å². The predicted molar refractivity (Wildman–Crippen MR) is 84.7 cm³/mol. The van der Waals surface area contributed by atoms with E-state index < -0.39 is 10.9 Å². The third kappa shape index (κ3) is 3.79. The second kappa shape index (κ2) is 6.83. The molecule has 1 saturated heterocycles. The van der Waals surface area contributed by atoms with E-state index in [1.807, 2.05) is 44.2 Å². The first kappa shape index (κ1) is 16.4. The normalized spacial score (nSPS) is 19.5. The third-order valence-corrected chi connectivity index (χ3v) is 4.90. The number of nitrogens with zero attached hydrogens (tertiary/aromatic N) is 1. The summed E-state index contributed by atoms with van der Waals surface area (Å²) in [6.45, 7) is 3.76. The lowest BCUT2D eigenvalue weighted by molar-refractivity contribution is -0.135. The van der Waals surface area contributed by atoms with Gasteiger partial charge in [-0.15, -0.1) is 11.8 Å². The van der Waals surface area contributed by atoms with Crippen molar-refractivity contribution in [3.63, 3.8) is 0 Å². The number of hydrazine groups is 1. The summed E-state index contributed by atoms with van der Waals surface area (Å²) in [6.07, 6.45) is 0.861. The number of nitrogens with one attached hydrogen (secondary N) is 2. The summed E-state index contributed by atoms with van der Waals surface area (Å²) >= 11 is 1.53. The van der Waals surface area contributed by atoms with E-state index in [-0.39, 0.29) is 18.2 Å². The minimum atomic E-state index is -0.575. The predicted octanol–water partition coefficient (Wildman–Crippen LogP) is 0.686. The molecule has 1 aliphatic rings. The average molecular weight is 321 g/mol. The van der Waals surface area contributed by atoms with E-state index in [2.05, 4.69) is 10.9 Å². The van der Waals surface area contributed by atoms with Crippen LogP contribution in [-0.2, 0) is 20.8 Å². The molecule has 1 aromatic carbocycles. The lowest BCUT2D eigenvalue weighted by atomic mass is 10.1. The molecule has 2 N–H and O–H groups in total. The molecule has 22 heavy (non-hydrogen) atoms. The quantitative estimate of drug-likeness (QED) is 0.632. The molecule has 2 rings (SSSR count). The summed E-state index contributed by atoms with van der Waals surface area (Å²) in [4.78, 5) is 36.1. The van der Waals surface area contributed by atoms with Gasteiger partial charge in [-0.1, -0.05) is 30.3 Å². The summed E-state index contributed by atoms with van der Waals surface area (Å²) in [6, 6.07) is 8.67. The van der Waals surface area contributed by atoms with Crippen LogP contribution in [0.5, 0.6) is 0 Å². The minimum Gasteiger partial charge on any atom is -0.318 e. The van der Waals surface area contributed by atoms with E-state index >= 15 is 0 Å². The van der Waals surface area contributed by atoms with Crippen LogP contribution in [0.2, 0.25) is 0 Å². The van der Waals surface area contributed by atoms with Crippen molar-refractivity contribution in [2.24, 2.45) is 0 Å². The van der Waals surface area contributed by atoms with Crippen molar-refractivity contribution in [2.45, 2.75) is 31.2 Å². The first-order chi connectivity index (χ1) is 10.4. The maximum absolute atomic E-state index is 12.1. The van der Waals surface area contributed by atoms with Gasteiger partial charge in [0.2, 0.25) is 12.3 Å². The van der Waals surface area contributed by atoms with Crippen molar-refractivity contribution in [1.29, 1.82) is 0 Å². The Kier molecular flexibility index (Phi) is 5.07. The number of carbonyl (C=O) groups is 3. The zero-order chi connectivity index (χ0) is 16.2. The second-order valence-electron chi connectivity index (χ2n) is 5.49. The maximum Gasteiger partial charge on any atom is 0.262 e. The highest BCUT2D eigenvalue weighted by Gasteiger charge is 2.42. The van der Waals surface area contributed by atoms with E-state index in [9.17, 15) is 14.4 Å². The maximum atomic E-state index is 12.1. The summed E-state index contributed by atoms with van der Waals surface area (Å²) in [5.74, 6) is -0.180. The van der Waals surface area contributed by atoms with Crippen molar-refractivity contribution in [3.8, 4) is 0 Å². The molecule has 118 valence electrons. The number of carbonyl (C=O) groups excluding carboxylic acids is 3. The van der Waals surface area contributed by atoms with Gasteiger partial charge >= 0.3 is 0 Å². The number of amides is 3. The fraction of sp³-hybridized carbons (Fsp3) is 0.400. The highest BCUT2D eigenvalue weighted by atomic mass is 32.2. The Morgan fingerprint density at radius 1 is 1.32 bits per heavy atom. The van der Waals surface area contributed by atoms with Crippen LogP contribution >= 0.6 is 11.8 Å². The van der Waals surface area contributed by atoms with Crippen LogP contribution < -0.4 is 10.9 Å².